The molecule has 0 aliphatic heterocycles. The van der Waals surface area contributed by atoms with E-state index in [4.69, 9.17) is 0 Å². The van der Waals surface area contributed by atoms with Crippen LogP contribution in [0.15, 0.2) is 0 Å². The Balaban J connectivity index is 3.17. The Morgan fingerprint density at radius 1 is 1.44 bits per heavy atom. The van der Waals surface area contributed by atoms with Crippen LogP contribution in [-0.2, 0) is 4.79 Å². The Kier molecular flexibility index (Phi) is 3.28. The first kappa shape index (κ1) is 8.47. The Hall–Kier alpha value is -0.530. The van der Waals surface area contributed by atoms with Gasteiger partial charge in [-0.15, -0.1) is 0 Å². The van der Waals surface area contributed by atoms with Gasteiger partial charge in [0.25, 0.3) is 0 Å². The highest BCUT2D eigenvalue weighted by Gasteiger charge is 2.07. The molecule has 0 unspecified atom stereocenters. The van der Waals surface area contributed by atoms with E-state index < -0.39 is 0 Å². The van der Waals surface area contributed by atoms with Gasteiger partial charge in [0.2, 0.25) is 0 Å². The molecule has 0 aliphatic carbocycles. The summed E-state index contributed by atoms with van der Waals surface area (Å²) in [6.45, 7) is 7.14. The van der Waals surface area contributed by atoms with Crippen LogP contribution in [0.4, 0.5) is 0 Å². The summed E-state index contributed by atoms with van der Waals surface area (Å²) in [4.78, 5) is 9.65. The van der Waals surface area contributed by atoms with E-state index in [1.165, 1.54) is 0 Å². The average molecular weight is 128 g/mol. The largest absolute Gasteiger partial charge is 0.348 e. The molecular formula is C7H14NO. The first-order valence-corrected chi connectivity index (χ1v) is 3.16. The Bertz CT molecular complexity index is 83.4. The first-order chi connectivity index (χ1) is 4.06. The molecule has 2 heteroatoms. The number of amides is 1. The second kappa shape index (κ2) is 3.49. The van der Waals surface area contributed by atoms with E-state index >= 15 is 0 Å². The fraction of sp³-hybridized carbons (Fsp3) is 0.857. The molecule has 0 aromatic rings. The molecule has 1 amide bonds. The zero-order valence-corrected chi connectivity index (χ0v) is 6.32. The monoisotopic (exact) mass is 128 g/mol. The van der Waals surface area contributed by atoms with E-state index in [9.17, 15) is 4.79 Å². The number of carbonyl (C=O) groups excluding carboxylic acids is 1. The maximum atomic E-state index is 9.65. The van der Waals surface area contributed by atoms with E-state index in [1.807, 2.05) is 0 Å². The number of hydrogen-bond acceptors (Lipinski definition) is 1. The van der Waals surface area contributed by atoms with Gasteiger partial charge in [0.15, 0.2) is 0 Å². The van der Waals surface area contributed by atoms with Crippen molar-refractivity contribution < 1.29 is 4.79 Å². The van der Waals surface area contributed by atoms with Crippen LogP contribution in [0.25, 0.3) is 0 Å². The Morgan fingerprint density at radius 3 is 2.33 bits per heavy atom. The lowest BCUT2D eigenvalue weighted by Crippen LogP contribution is -2.18. The minimum Gasteiger partial charge on any atom is -0.348 e. The molecule has 0 aromatic carbocycles. The molecule has 9 heavy (non-hydrogen) atoms. The predicted octanol–water partition coefficient (Wildman–Crippen LogP) is 1.08. The van der Waals surface area contributed by atoms with Gasteiger partial charge in [-0.1, -0.05) is 20.8 Å². The first-order valence-electron chi connectivity index (χ1n) is 3.16. The lowest BCUT2D eigenvalue weighted by atomic mass is 9.92. The quantitative estimate of drug-likeness (QED) is 0.447. The summed E-state index contributed by atoms with van der Waals surface area (Å²) in [7, 11) is 0. The number of rotatable bonds is 3. The molecule has 0 saturated carbocycles. The van der Waals surface area contributed by atoms with Crippen LogP contribution in [0.3, 0.4) is 0 Å². The minimum atomic E-state index is 0.309. The summed E-state index contributed by atoms with van der Waals surface area (Å²) in [5.74, 6) is 0. The minimum absolute atomic E-state index is 0.309. The Morgan fingerprint density at radius 2 is 2.00 bits per heavy atom. The van der Waals surface area contributed by atoms with Gasteiger partial charge in [0.1, 0.15) is 0 Å². The fourth-order valence-corrected chi connectivity index (χ4v) is 0.489. The van der Waals surface area contributed by atoms with Gasteiger partial charge in [0, 0.05) is 6.54 Å². The normalized spacial score (nSPS) is 11.0. The third kappa shape index (κ3) is 7.47. The van der Waals surface area contributed by atoms with Gasteiger partial charge < -0.3 is 5.32 Å². The van der Waals surface area contributed by atoms with Crippen LogP contribution in [0.1, 0.15) is 27.2 Å². The topological polar surface area (TPSA) is 29.1 Å². The SMILES string of the molecule is CC(C)(C)CCN[C]=O. The van der Waals surface area contributed by atoms with Crippen molar-refractivity contribution in [3.8, 4) is 0 Å². The van der Waals surface area contributed by atoms with E-state index in [0.717, 1.165) is 13.0 Å². The third-order valence-corrected chi connectivity index (χ3v) is 1.07. The second-order valence-electron chi connectivity index (χ2n) is 3.34. The molecule has 0 fully saturated rings. The van der Waals surface area contributed by atoms with Crippen molar-refractivity contribution in [2.75, 3.05) is 6.54 Å². The fourth-order valence-electron chi connectivity index (χ4n) is 0.489. The molecule has 0 atom stereocenters. The summed E-state index contributed by atoms with van der Waals surface area (Å²) in [6, 6.07) is 0. The molecule has 0 saturated heterocycles. The lowest BCUT2D eigenvalue weighted by Gasteiger charge is -2.16. The Labute approximate surface area is 56.6 Å². The number of nitrogens with one attached hydrogen (secondary N) is 1. The summed E-state index contributed by atoms with van der Waals surface area (Å²) in [5.41, 5.74) is 0.309. The molecule has 0 bridgehead atoms. The van der Waals surface area contributed by atoms with E-state index in [0.29, 0.717) is 5.41 Å². The molecule has 0 aliphatic rings. The zero-order valence-electron chi connectivity index (χ0n) is 6.32. The van der Waals surface area contributed by atoms with Crippen LogP contribution in [0.5, 0.6) is 0 Å². The highest BCUT2D eigenvalue weighted by molar-refractivity contribution is 5.46. The molecule has 53 valence electrons. The van der Waals surface area contributed by atoms with Gasteiger partial charge >= 0.3 is 6.41 Å². The highest BCUT2D eigenvalue weighted by Crippen LogP contribution is 2.16. The molecule has 0 rings (SSSR count). The standard InChI is InChI=1S/C7H14NO/c1-7(2,3)4-5-8-6-9/h4-5H2,1-3H3,(H,8,9). The van der Waals surface area contributed by atoms with Gasteiger partial charge in [-0.3, -0.25) is 4.79 Å². The van der Waals surface area contributed by atoms with Gasteiger partial charge in [-0.25, -0.2) is 0 Å². The number of hydrogen-bond donors (Lipinski definition) is 1. The molecule has 1 N–H and O–H groups in total. The molecular weight excluding hydrogens is 114 g/mol. The highest BCUT2D eigenvalue weighted by atomic mass is 16.1. The van der Waals surface area contributed by atoms with Crippen molar-refractivity contribution in [1.29, 1.82) is 0 Å². The summed E-state index contributed by atoms with van der Waals surface area (Å²) >= 11 is 0. The van der Waals surface area contributed by atoms with Crippen molar-refractivity contribution in [2.24, 2.45) is 5.41 Å². The van der Waals surface area contributed by atoms with E-state index in [2.05, 4.69) is 26.1 Å². The maximum absolute atomic E-state index is 9.65. The molecule has 0 heterocycles. The summed E-state index contributed by atoms with van der Waals surface area (Å²) < 4.78 is 0. The van der Waals surface area contributed by atoms with Crippen molar-refractivity contribution in [3.05, 3.63) is 0 Å². The van der Waals surface area contributed by atoms with Crippen LogP contribution >= 0.6 is 0 Å². The zero-order chi connectivity index (χ0) is 7.33. The van der Waals surface area contributed by atoms with Gasteiger partial charge in [-0.05, 0) is 11.8 Å². The van der Waals surface area contributed by atoms with Crippen molar-refractivity contribution >= 4 is 6.41 Å². The summed E-state index contributed by atoms with van der Waals surface area (Å²) in [5, 5.41) is 2.50. The van der Waals surface area contributed by atoms with Crippen molar-refractivity contribution in [3.63, 3.8) is 0 Å². The molecule has 0 spiro atoms. The predicted molar refractivity (Wildman–Crippen MR) is 37.8 cm³/mol. The van der Waals surface area contributed by atoms with Crippen molar-refractivity contribution in [1.82, 2.24) is 5.32 Å². The molecule has 1 radical (unpaired) electrons. The van der Waals surface area contributed by atoms with Gasteiger partial charge in [0.05, 0.1) is 0 Å². The van der Waals surface area contributed by atoms with Crippen LogP contribution < -0.4 is 5.32 Å². The lowest BCUT2D eigenvalue weighted by molar-refractivity contribution is 0.376. The second-order valence-corrected chi connectivity index (χ2v) is 3.34. The van der Waals surface area contributed by atoms with Crippen LogP contribution in [0.2, 0.25) is 0 Å². The van der Waals surface area contributed by atoms with E-state index in [-0.39, 0.29) is 0 Å². The smallest absolute Gasteiger partial charge is 0.309 e. The molecule has 0 aromatic heterocycles. The third-order valence-electron chi connectivity index (χ3n) is 1.07. The van der Waals surface area contributed by atoms with Crippen LogP contribution in [-0.4, -0.2) is 13.0 Å². The summed E-state index contributed by atoms with van der Waals surface area (Å²) in [6.07, 6.45) is 2.64. The van der Waals surface area contributed by atoms with Crippen molar-refractivity contribution in [2.45, 2.75) is 27.2 Å². The van der Waals surface area contributed by atoms with Gasteiger partial charge in [-0.2, -0.15) is 0 Å². The van der Waals surface area contributed by atoms with Crippen LogP contribution in [0, 0.1) is 5.41 Å². The maximum Gasteiger partial charge on any atom is 0.309 e. The average Bonchev–Trinajstić information content (AvgIpc) is 1.63. The molecule has 2 nitrogen and oxygen atoms in total. The van der Waals surface area contributed by atoms with E-state index in [1.54, 1.807) is 6.41 Å².